The van der Waals surface area contributed by atoms with Gasteiger partial charge in [0.05, 0.1) is 16.7 Å². The van der Waals surface area contributed by atoms with Crippen molar-refractivity contribution in [3.63, 3.8) is 0 Å². The van der Waals surface area contributed by atoms with Crippen molar-refractivity contribution in [2.24, 2.45) is 0 Å². The zero-order chi connectivity index (χ0) is 76.7. The number of likely N-dealkylation sites (N-methyl/N-ethyl adjacent to an activating group) is 1. The number of aliphatic carboxylic acids is 1. The second-order valence-electron chi connectivity index (χ2n) is 27.8. The van der Waals surface area contributed by atoms with Gasteiger partial charge in [0.1, 0.15) is 58.8 Å². The molecule has 0 aliphatic rings. The van der Waals surface area contributed by atoms with Crippen LogP contribution in [0.1, 0.15) is 160 Å². The zero-order valence-corrected chi connectivity index (χ0v) is 65.4. The topological polar surface area (TPSA) is 153 Å². The highest BCUT2D eigenvalue weighted by atomic mass is 79.9. The van der Waals surface area contributed by atoms with E-state index in [4.69, 9.17) is 23.7 Å². The molecule has 105 heavy (non-hydrogen) atoms. The lowest BCUT2D eigenvalue weighted by molar-refractivity contribution is -0.135. The fourth-order valence-corrected chi connectivity index (χ4v) is 12.0. The maximum Gasteiger partial charge on any atom is 0.339 e. The van der Waals surface area contributed by atoms with Crippen molar-refractivity contribution in [1.29, 1.82) is 0 Å². The Morgan fingerprint density at radius 1 is 0.429 bits per heavy atom. The Balaban J connectivity index is 0.000000222. The Labute approximate surface area is 632 Å². The highest BCUT2D eigenvalue weighted by Gasteiger charge is 2.23. The number of amides is 1. The Morgan fingerprint density at radius 2 is 0.752 bits per heavy atom. The summed E-state index contributed by atoms with van der Waals surface area (Å²) in [4.78, 5) is 40.2. The number of esters is 1. The second-order valence-corrected chi connectivity index (χ2v) is 28.6. The minimum atomic E-state index is -0.916. The minimum Gasteiger partial charge on any atom is -0.508 e. The maximum atomic E-state index is 13.4. The van der Waals surface area contributed by atoms with Crippen LogP contribution >= 0.6 is 15.9 Å². The van der Waals surface area contributed by atoms with Gasteiger partial charge < -0.3 is 44.1 Å². The number of carboxylic acid groups (broad SMARTS) is 1. The lowest BCUT2D eigenvalue weighted by atomic mass is 9.92. The molecule has 0 heterocycles. The van der Waals surface area contributed by atoms with Crippen LogP contribution in [0.15, 0.2) is 255 Å². The lowest BCUT2D eigenvalue weighted by Crippen LogP contribution is -2.22. The normalized spacial score (nSPS) is 12.2. The first-order chi connectivity index (χ1) is 50.0. The number of nitrogens with zero attached hydrogens (tertiary/aromatic N) is 1. The van der Waals surface area contributed by atoms with Crippen LogP contribution in [0.25, 0.3) is 43.5 Å². The van der Waals surface area contributed by atoms with Gasteiger partial charge in [0.2, 0.25) is 0 Å². The molecule has 0 radical (unpaired) electrons. The Bertz CT molecular complexity index is 4320. The van der Waals surface area contributed by atoms with E-state index < -0.39 is 5.97 Å². The average molecular weight is 1480 g/mol. The Morgan fingerprint density at radius 3 is 1.10 bits per heavy atom. The standard InChI is InChI=1S/C27H30N2O3.C24H28O3.C21H24O3.C20H23BrO/c1-4-25(20-8-6-5-7-9-20)26(21-10-14-23(30)15-11-21)27(31)28-22-12-16-24(17-13-22)32-19-18-29(2)3;1-6-17-26-23(25)22(21(7-2)18-11-9-8-10-12-18)19-13-15-20(16-14-19)27-24(3,4)5;1-5-18(15-9-7-6-8-10-15)19(20(22)23)16-11-13-17(14-12-16)24-21(2,3)4;1-5-18(15-9-7-6-8-10-15)19(21)16-11-13-17(14-12-16)22-20(2,3)4/h5-17,30H,4,18-19H2,1-3H3,(H,28,31);6,8-16H,1,7,17H2,2-5H3;6-14H,5H2,1-4H3,(H,22,23);6-14H,5H2,1-4H3. The van der Waals surface area contributed by atoms with Crippen LogP contribution in [-0.4, -0.2) is 83.6 Å². The highest BCUT2D eigenvalue weighted by molar-refractivity contribution is 9.15. The Hall–Kier alpha value is -10.5. The number of benzene rings is 9. The molecule has 0 saturated heterocycles. The number of aromatic hydroxyl groups is 1. The van der Waals surface area contributed by atoms with Gasteiger partial charge in [0.25, 0.3) is 5.91 Å². The van der Waals surface area contributed by atoms with E-state index in [1.807, 2.05) is 258 Å². The van der Waals surface area contributed by atoms with Gasteiger partial charge >= 0.3 is 11.9 Å². The quantitative estimate of drug-likeness (QED) is 0.0217. The summed E-state index contributed by atoms with van der Waals surface area (Å²) in [5.41, 5.74) is 13.1. The third kappa shape index (κ3) is 27.6. The Kier molecular flexibility index (Phi) is 32.7. The molecule has 0 fully saturated rings. The van der Waals surface area contributed by atoms with Crippen LogP contribution in [0.4, 0.5) is 5.69 Å². The first-order valence-corrected chi connectivity index (χ1v) is 36.5. The third-order valence-corrected chi connectivity index (χ3v) is 16.7. The minimum absolute atomic E-state index is 0.163. The zero-order valence-electron chi connectivity index (χ0n) is 63.8. The fourth-order valence-electron chi connectivity index (χ4n) is 11.2. The van der Waals surface area contributed by atoms with Crippen molar-refractivity contribution in [3.8, 4) is 28.7 Å². The molecule has 12 nitrogen and oxygen atoms in total. The van der Waals surface area contributed by atoms with E-state index in [0.717, 1.165) is 85.0 Å². The van der Waals surface area contributed by atoms with E-state index in [-0.39, 0.29) is 41.0 Å². The van der Waals surface area contributed by atoms with Crippen LogP contribution in [0.2, 0.25) is 0 Å². The molecule has 0 aliphatic carbocycles. The van der Waals surface area contributed by atoms with Crippen molar-refractivity contribution >= 4 is 83.0 Å². The molecule has 0 atom stereocenters. The molecule has 9 rings (SSSR count). The van der Waals surface area contributed by atoms with Crippen LogP contribution in [-0.2, 0) is 19.1 Å². The third-order valence-electron chi connectivity index (χ3n) is 15.8. The summed E-state index contributed by atoms with van der Waals surface area (Å²) in [6, 6.07) is 77.2. The predicted molar refractivity (Wildman–Crippen MR) is 440 cm³/mol. The largest absolute Gasteiger partial charge is 0.508 e. The number of phenols is 1. The molecule has 550 valence electrons. The smallest absolute Gasteiger partial charge is 0.339 e. The molecular weight excluding hydrogens is 1370 g/mol. The summed E-state index contributed by atoms with van der Waals surface area (Å²) < 4.78 is 29.8. The van der Waals surface area contributed by atoms with Crippen molar-refractivity contribution in [3.05, 3.63) is 300 Å². The number of nitrogens with one attached hydrogen (secondary N) is 1. The lowest BCUT2D eigenvalue weighted by Gasteiger charge is -2.21. The molecule has 9 aromatic rings. The summed E-state index contributed by atoms with van der Waals surface area (Å²) in [7, 11) is 4.00. The molecule has 1 amide bonds. The first kappa shape index (κ1) is 83.5. The van der Waals surface area contributed by atoms with Gasteiger partial charge in [-0.15, -0.1) is 0 Å². The average Bonchev–Trinajstić information content (AvgIpc) is 0.831. The van der Waals surface area contributed by atoms with Gasteiger partial charge in [-0.3, -0.25) is 4.79 Å². The van der Waals surface area contributed by atoms with E-state index in [9.17, 15) is 24.6 Å². The summed E-state index contributed by atoms with van der Waals surface area (Å²) >= 11 is 3.77. The summed E-state index contributed by atoms with van der Waals surface area (Å²) in [5.74, 6) is 1.86. The number of carbonyl (C=O) groups excluding carboxylic acids is 2. The molecule has 0 saturated carbocycles. The summed E-state index contributed by atoms with van der Waals surface area (Å²) in [6.45, 7) is 31.6. The predicted octanol–water partition coefficient (Wildman–Crippen LogP) is 23.0. The summed E-state index contributed by atoms with van der Waals surface area (Å²) in [5, 5.41) is 22.5. The van der Waals surface area contributed by atoms with E-state index in [2.05, 4.69) is 96.8 Å². The molecule has 9 aromatic carbocycles. The van der Waals surface area contributed by atoms with Crippen molar-refractivity contribution in [2.45, 2.75) is 132 Å². The number of carboxylic acids is 1. The molecule has 3 N–H and O–H groups in total. The number of hydrogen-bond acceptors (Lipinski definition) is 10. The molecule has 0 unspecified atom stereocenters. The van der Waals surface area contributed by atoms with E-state index in [1.54, 1.807) is 30.3 Å². The highest BCUT2D eigenvalue weighted by Crippen LogP contribution is 2.37. The maximum absolute atomic E-state index is 13.4. The number of allylic oxidation sites excluding steroid dienone is 4. The number of anilines is 1. The van der Waals surface area contributed by atoms with Crippen molar-refractivity contribution in [2.75, 3.05) is 39.2 Å². The molecular formula is C92H105BrN2O10. The number of hydrogen-bond donors (Lipinski definition) is 3. The number of phenolic OH excluding ortho intramolecular Hbond substituents is 1. The van der Waals surface area contributed by atoms with Crippen LogP contribution in [0.3, 0.4) is 0 Å². The van der Waals surface area contributed by atoms with E-state index in [0.29, 0.717) is 53.8 Å². The second kappa shape index (κ2) is 41.1. The molecule has 0 spiro atoms. The van der Waals surface area contributed by atoms with Crippen LogP contribution in [0, 0.1) is 0 Å². The van der Waals surface area contributed by atoms with Crippen molar-refractivity contribution in [1.82, 2.24) is 4.90 Å². The van der Waals surface area contributed by atoms with E-state index in [1.165, 1.54) is 16.7 Å². The number of ether oxygens (including phenoxy) is 5. The van der Waals surface area contributed by atoms with Gasteiger partial charge in [-0.25, -0.2) is 9.59 Å². The number of carbonyl (C=O) groups is 3. The van der Waals surface area contributed by atoms with Gasteiger partial charge in [0, 0.05) is 16.7 Å². The first-order valence-electron chi connectivity index (χ1n) is 35.7. The summed E-state index contributed by atoms with van der Waals surface area (Å²) in [6.07, 6.45) is 4.59. The van der Waals surface area contributed by atoms with E-state index >= 15 is 0 Å². The number of halogens is 1. The molecule has 0 aliphatic heterocycles. The van der Waals surface area contributed by atoms with Gasteiger partial charge in [0.15, 0.2) is 0 Å². The molecule has 0 aromatic heterocycles. The van der Waals surface area contributed by atoms with Gasteiger partial charge in [-0.05, 0) is 258 Å². The van der Waals surface area contributed by atoms with Gasteiger partial charge in [-0.1, -0.05) is 210 Å². The van der Waals surface area contributed by atoms with Crippen LogP contribution < -0.4 is 24.3 Å². The fraction of sp³-hybridized carbons (Fsp3) is 0.272. The number of rotatable bonds is 25. The van der Waals surface area contributed by atoms with Crippen molar-refractivity contribution < 1.29 is 48.3 Å². The van der Waals surface area contributed by atoms with Crippen LogP contribution in [0.5, 0.6) is 28.7 Å². The SMILES string of the molecule is C=CCOC(=O)C(=C(CC)c1ccccc1)c1ccc(OC(C)(C)C)cc1.CCC(=C(Br)c1ccc(OC(C)(C)C)cc1)c1ccccc1.CCC(=C(C(=O)Nc1ccc(OCCN(C)C)cc1)c1ccc(O)cc1)c1ccccc1.CCC(=C(C(=O)O)c1ccc(OC(C)(C)C)cc1)c1ccccc1. The van der Waals surface area contributed by atoms with Gasteiger partial charge in [-0.2, -0.15) is 0 Å². The molecule has 13 heteroatoms. The molecule has 0 bridgehead atoms. The monoisotopic (exact) mass is 1480 g/mol.